The third-order valence-corrected chi connectivity index (χ3v) is 6.14. The van der Waals surface area contributed by atoms with Gasteiger partial charge < -0.3 is 0 Å². The molecule has 0 N–H and O–H groups in total. The van der Waals surface area contributed by atoms with E-state index in [2.05, 4.69) is 27.4 Å². The fourth-order valence-electron chi connectivity index (χ4n) is 5.44. The lowest BCUT2D eigenvalue weighted by Crippen LogP contribution is -2.53. The molecule has 3 rings (SSSR count). The van der Waals surface area contributed by atoms with Crippen LogP contribution in [0.4, 0.5) is 0 Å². The Kier molecular flexibility index (Phi) is 1.92. The highest BCUT2D eigenvalue weighted by atomic mass is 14.7. The van der Waals surface area contributed by atoms with E-state index >= 15 is 0 Å². The second kappa shape index (κ2) is 2.90. The standard InChI is InChI=1S/C15H24/c1-9(2)11-7-8-15(4)12-6-5-10(3)13(12)14(11)15/h10-14H,1,5-8H2,2-4H3/t10-,11+,12+,13?,14+,15-/m1/s1. The van der Waals surface area contributed by atoms with E-state index in [4.69, 9.17) is 0 Å². The van der Waals surface area contributed by atoms with Crippen LogP contribution in [-0.4, -0.2) is 0 Å². The van der Waals surface area contributed by atoms with Gasteiger partial charge in [-0.3, -0.25) is 0 Å². The van der Waals surface area contributed by atoms with E-state index < -0.39 is 0 Å². The summed E-state index contributed by atoms with van der Waals surface area (Å²) in [5.41, 5.74) is 2.17. The van der Waals surface area contributed by atoms with E-state index in [-0.39, 0.29) is 0 Å². The highest BCUT2D eigenvalue weighted by Crippen LogP contribution is 2.73. The van der Waals surface area contributed by atoms with Gasteiger partial charge in [0.2, 0.25) is 0 Å². The van der Waals surface area contributed by atoms with Crippen LogP contribution in [0, 0.1) is 35.0 Å². The smallest absolute Gasteiger partial charge is 0.0172 e. The highest BCUT2D eigenvalue weighted by Gasteiger charge is 2.66. The van der Waals surface area contributed by atoms with E-state index in [1.807, 2.05) is 0 Å². The van der Waals surface area contributed by atoms with Crippen molar-refractivity contribution in [3.8, 4) is 0 Å². The minimum atomic E-state index is 0.707. The van der Waals surface area contributed by atoms with Crippen molar-refractivity contribution in [2.24, 2.45) is 35.0 Å². The van der Waals surface area contributed by atoms with E-state index in [0.717, 1.165) is 29.6 Å². The maximum absolute atomic E-state index is 4.23. The average molecular weight is 204 g/mol. The molecule has 3 aliphatic rings. The molecule has 84 valence electrons. The number of fused-ring (bicyclic) bond motifs is 4. The zero-order chi connectivity index (χ0) is 10.8. The Balaban J connectivity index is 1.91. The van der Waals surface area contributed by atoms with Crippen LogP contribution < -0.4 is 0 Å². The third-order valence-electron chi connectivity index (χ3n) is 6.14. The Hall–Kier alpha value is -0.260. The Morgan fingerprint density at radius 2 is 2.00 bits per heavy atom. The summed E-state index contributed by atoms with van der Waals surface area (Å²) in [5, 5.41) is 0. The lowest BCUT2D eigenvalue weighted by Gasteiger charge is -2.57. The fourth-order valence-corrected chi connectivity index (χ4v) is 5.44. The molecule has 0 amide bonds. The third kappa shape index (κ3) is 1.04. The summed E-state index contributed by atoms with van der Waals surface area (Å²) in [7, 11) is 0. The van der Waals surface area contributed by atoms with Gasteiger partial charge in [-0.25, -0.2) is 0 Å². The minimum absolute atomic E-state index is 0.707. The summed E-state index contributed by atoms with van der Waals surface area (Å²) >= 11 is 0. The molecular formula is C15H24. The number of allylic oxidation sites excluding steroid dienone is 1. The van der Waals surface area contributed by atoms with Crippen molar-refractivity contribution in [2.75, 3.05) is 0 Å². The molecule has 3 saturated carbocycles. The molecule has 0 bridgehead atoms. The van der Waals surface area contributed by atoms with Crippen LogP contribution in [0.15, 0.2) is 12.2 Å². The van der Waals surface area contributed by atoms with Crippen molar-refractivity contribution >= 4 is 0 Å². The van der Waals surface area contributed by atoms with Gasteiger partial charge in [0.25, 0.3) is 0 Å². The van der Waals surface area contributed by atoms with Gasteiger partial charge in [-0.15, -0.1) is 0 Å². The summed E-state index contributed by atoms with van der Waals surface area (Å²) in [6, 6.07) is 0. The SMILES string of the molecule is C=C(C)[C@@H]1CC[C@@]2(C)[C@@H]1C1[C@H](C)CC[C@@H]12. The Morgan fingerprint density at radius 3 is 2.67 bits per heavy atom. The van der Waals surface area contributed by atoms with E-state index in [0.29, 0.717) is 5.41 Å². The van der Waals surface area contributed by atoms with Crippen molar-refractivity contribution in [1.29, 1.82) is 0 Å². The van der Waals surface area contributed by atoms with Gasteiger partial charge in [0.15, 0.2) is 0 Å². The first kappa shape index (κ1) is 9.93. The predicted molar refractivity (Wildman–Crippen MR) is 64.5 cm³/mol. The van der Waals surface area contributed by atoms with Crippen LogP contribution in [-0.2, 0) is 0 Å². The van der Waals surface area contributed by atoms with Gasteiger partial charge in [0.1, 0.15) is 0 Å². The van der Waals surface area contributed by atoms with Crippen molar-refractivity contribution in [3.05, 3.63) is 12.2 Å². The lowest BCUT2D eigenvalue weighted by atomic mass is 9.47. The van der Waals surface area contributed by atoms with Crippen molar-refractivity contribution in [3.63, 3.8) is 0 Å². The normalized spacial score (nSPS) is 57.1. The first-order valence-corrected chi connectivity index (χ1v) is 6.71. The number of hydrogen-bond donors (Lipinski definition) is 0. The van der Waals surface area contributed by atoms with Crippen LogP contribution in [0.25, 0.3) is 0 Å². The van der Waals surface area contributed by atoms with Crippen molar-refractivity contribution in [2.45, 2.75) is 46.5 Å². The fraction of sp³-hybridized carbons (Fsp3) is 0.867. The second-order valence-corrected chi connectivity index (χ2v) is 6.76. The highest BCUT2D eigenvalue weighted by molar-refractivity contribution is 5.20. The number of hydrogen-bond acceptors (Lipinski definition) is 0. The molecule has 15 heavy (non-hydrogen) atoms. The van der Waals surface area contributed by atoms with Crippen LogP contribution in [0.1, 0.15) is 46.5 Å². The topological polar surface area (TPSA) is 0 Å². The van der Waals surface area contributed by atoms with Gasteiger partial charge in [-0.05, 0) is 61.2 Å². The van der Waals surface area contributed by atoms with Crippen LogP contribution in [0.5, 0.6) is 0 Å². The first-order valence-electron chi connectivity index (χ1n) is 6.71. The molecule has 1 unspecified atom stereocenters. The van der Waals surface area contributed by atoms with Crippen molar-refractivity contribution in [1.82, 2.24) is 0 Å². The Bertz CT molecular complexity index is 303. The maximum atomic E-state index is 4.23. The molecule has 0 radical (unpaired) electrons. The molecule has 0 aliphatic heterocycles. The number of rotatable bonds is 1. The molecule has 0 nitrogen and oxygen atoms in total. The van der Waals surface area contributed by atoms with E-state index in [9.17, 15) is 0 Å². The predicted octanol–water partition coefficient (Wildman–Crippen LogP) is 4.27. The minimum Gasteiger partial charge on any atom is -0.0998 e. The average Bonchev–Trinajstić information content (AvgIpc) is 2.62. The Morgan fingerprint density at radius 1 is 1.27 bits per heavy atom. The van der Waals surface area contributed by atoms with Crippen LogP contribution in [0.3, 0.4) is 0 Å². The quantitative estimate of drug-likeness (QED) is 0.559. The molecule has 0 aromatic rings. The van der Waals surface area contributed by atoms with Gasteiger partial charge in [0, 0.05) is 0 Å². The second-order valence-electron chi connectivity index (χ2n) is 6.76. The van der Waals surface area contributed by atoms with Crippen molar-refractivity contribution < 1.29 is 0 Å². The molecule has 3 fully saturated rings. The molecule has 0 heterocycles. The van der Waals surface area contributed by atoms with E-state index in [1.165, 1.54) is 31.3 Å². The summed E-state index contributed by atoms with van der Waals surface area (Å²) in [4.78, 5) is 0. The molecule has 0 heteroatoms. The van der Waals surface area contributed by atoms with Gasteiger partial charge in [-0.1, -0.05) is 32.4 Å². The molecule has 0 aromatic heterocycles. The molecule has 6 atom stereocenters. The zero-order valence-corrected chi connectivity index (χ0v) is 10.4. The van der Waals surface area contributed by atoms with Gasteiger partial charge in [-0.2, -0.15) is 0 Å². The summed E-state index contributed by atoms with van der Waals surface area (Å²) in [6.45, 7) is 11.5. The monoisotopic (exact) mass is 204 g/mol. The zero-order valence-electron chi connectivity index (χ0n) is 10.4. The molecule has 3 aliphatic carbocycles. The van der Waals surface area contributed by atoms with Crippen LogP contribution >= 0.6 is 0 Å². The van der Waals surface area contributed by atoms with Crippen LogP contribution in [0.2, 0.25) is 0 Å². The molecule has 0 saturated heterocycles. The summed E-state index contributed by atoms with van der Waals surface area (Å²) in [6.07, 6.45) is 5.91. The summed E-state index contributed by atoms with van der Waals surface area (Å²) in [5.74, 6) is 4.98. The molecule has 0 spiro atoms. The Labute approximate surface area is 94.1 Å². The largest absolute Gasteiger partial charge is 0.0998 e. The molecule has 0 aromatic carbocycles. The lowest BCUT2D eigenvalue weighted by molar-refractivity contribution is -0.0940. The van der Waals surface area contributed by atoms with E-state index in [1.54, 1.807) is 0 Å². The first-order chi connectivity index (χ1) is 7.05. The maximum Gasteiger partial charge on any atom is -0.0172 e. The molecular weight excluding hydrogens is 180 g/mol. The van der Waals surface area contributed by atoms with Gasteiger partial charge >= 0.3 is 0 Å². The van der Waals surface area contributed by atoms with Gasteiger partial charge in [0.05, 0.1) is 0 Å². The summed E-state index contributed by atoms with van der Waals surface area (Å²) < 4.78 is 0.